The highest BCUT2D eigenvalue weighted by Gasteiger charge is 2.51. The first kappa shape index (κ1) is 17.0. The van der Waals surface area contributed by atoms with Crippen molar-refractivity contribution in [1.29, 1.82) is 0 Å². The summed E-state index contributed by atoms with van der Waals surface area (Å²) in [6, 6.07) is 6.28. The van der Waals surface area contributed by atoms with Gasteiger partial charge in [-0.25, -0.2) is 4.98 Å². The van der Waals surface area contributed by atoms with Gasteiger partial charge in [-0.3, -0.25) is 0 Å². The van der Waals surface area contributed by atoms with E-state index in [-0.39, 0.29) is 24.2 Å². The molecule has 0 spiro atoms. The van der Waals surface area contributed by atoms with Gasteiger partial charge in [0.15, 0.2) is 0 Å². The molecule has 1 aliphatic heterocycles. The second-order valence-corrected chi connectivity index (χ2v) is 9.51. The van der Waals surface area contributed by atoms with Gasteiger partial charge in [0.1, 0.15) is 5.01 Å². The number of aryl methyl sites for hydroxylation is 1. The first-order chi connectivity index (χ1) is 11.7. The summed E-state index contributed by atoms with van der Waals surface area (Å²) in [6.45, 7) is 10.1. The molecule has 3 aromatic rings. The molecule has 0 aliphatic carbocycles. The van der Waals surface area contributed by atoms with Crippen molar-refractivity contribution in [1.82, 2.24) is 4.98 Å². The normalized spacial score (nSPS) is 19.0. The molecule has 3 heterocycles. The lowest BCUT2D eigenvalue weighted by molar-refractivity contribution is 0.00578. The number of hydrogen-bond acceptors (Lipinski definition) is 6. The lowest BCUT2D eigenvalue weighted by Gasteiger charge is -2.32. The zero-order chi connectivity index (χ0) is 18.0. The van der Waals surface area contributed by atoms with E-state index in [0.717, 1.165) is 31.0 Å². The Balaban J connectivity index is 1.71. The molecule has 4 rings (SSSR count). The largest absolute Gasteiger partial charge is 0.494 e. The summed E-state index contributed by atoms with van der Waals surface area (Å²) in [5, 5.41) is 13.8. The molecule has 25 heavy (non-hydrogen) atoms. The average Bonchev–Trinajstić information content (AvgIpc) is 3.14. The number of thiazole rings is 1. The number of aromatic nitrogens is 1. The van der Waals surface area contributed by atoms with Crippen LogP contribution >= 0.6 is 22.7 Å². The van der Waals surface area contributed by atoms with Gasteiger partial charge in [0.2, 0.25) is 5.88 Å². The molecule has 4 nitrogen and oxygen atoms in total. The Morgan fingerprint density at radius 1 is 1.12 bits per heavy atom. The Bertz CT molecular complexity index is 925. The van der Waals surface area contributed by atoms with E-state index in [1.165, 1.54) is 11.3 Å². The molecule has 0 radical (unpaired) electrons. The first-order valence-corrected chi connectivity index (χ1v) is 9.91. The zero-order valence-corrected chi connectivity index (χ0v) is 16.5. The van der Waals surface area contributed by atoms with Crippen LogP contribution in [0.4, 0.5) is 0 Å². The molecule has 1 fully saturated rings. The standard InChI is InChI=1S/C18H20BNO3S2/c1-10-15(21)20-16(25-10)13-9-24-14-8-11(6-7-12(13)14)19-22-17(2,3)18(4,5)23-19/h6-9,21H,1-5H3. The van der Waals surface area contributed by atoms with E-state index >= 15 is 0 Å². The molecule has 0 amide bonds. The summed E-state index contributed by atoms with van der Waals surface area (Å²) >= 11 is 3.18. The van der Waals surface area contributed by atoms with E-state index in [2.05, 4.69) is 56.3 Å². The van der Waals surface area contributed by atoms with Crippen LogP contribution in [0.15, 0.2) is 23.6 Å². The average molecular weight is 373 g/mol. The second kappa shape index (κ2) is 5.54. The van der Waals surface area contributed by atoms with Crippen LogP contribution in [0.1, 0.15) is 32.6 Å². The summed E-state index contributed by atoms with van der Waals surface area (Å²) < 4.78 is 13.5. The van der Waals surface area contributed by atoms with Crippen LogP contribution < -0.4 is 5.46 Å². The van der Waals surface area contributed by atoms with Crippen LogP contribution in [-0.4, -0.2) is 28.4 Å². The van der Waals surface area contributed by atoms with E-state index in [1.807, 2.05) is 6.92 Å². The Hall–Kier alpha value is -1.41. The number of hydrogen-bond donors (Lipinski definition) is 1. The third-order valence-electron chi connectivity index (χ3n) is 5.13. The highest BCUT2D eigenvalue weighted by molar-refractivity contribution is 7.19. The molecule has 0 bridgehead atoms. The summed E-state index contributed by atoms with van der Waals surface area (Å²) in [5.74, 6) is 0.119. The van der Waals surface area contributed by atoms with Gasteiger partial charge in [-0.15, -0.1) is 22.7 Å². The minimum Gasteiger partial charge on any atom is -0.492 e. The van der Waals surface area contributed by atoms with Crippen molar-refractivity contribution in [3.05, 3.63) is 28.5 Å². The molecule has 1 aromatic carbocycles. The van der Waals surface area contributed by atoms with Gasteiger partial charge >= 0.3 is 7.12 Å². The van der Waals surface area contributed by atoms with E-state index < -0.39 is 0 Å². The van der Waals surface area contributed by atoms with Gasteiger partial charge in [-0.05, 0) is 46.1 Å². The molecular formula is C18H20BNO3S2. The quantitative estimate of drug-likeness (QED) is 0.679. The van der Waals surface area contributed by atoms with E-state index in [1.54, 1.807) is 11.3 Å². The fourth-order valence-corrected chi connectivity index (χ4v) is 4.74. The summed E-state index contributed by atoms with van der Waals surface area (Å²) in [5.41, 5.74) is 1.40. The Morgan fingerprint density at radius 3 is 2.40 bits per heavy atom. The van der Waals surface area contributed by atoms with Gasteiger partial charge in [-0.1, -0.05) is 12.1 Å². The second-order valence-electron chi connectivity index (χ2n) is 7.39. The van der Waals surface area contributed by atoms with E-state index in [0.29, 0.717) is 0 Å². The van der Waals surface area contributed by atoms with Crippen LogP contribution in [0, 0.1) is 6.92 Å². The molecule has 1 saturated heterocycles. The molecule has 7 heteroatoms. The van der Waals surface area contributed by atoms with Crippen molar-refractivity contribution in [2.45, 2.75) is 45.8 Å². The van der Waals surface area contributed by atoms with Gasteiger partial charge in [0.05, 0.1) is 16.1 Å². The highest BCUT2D eigenvalue weighted by Crippen LogP contribution is 2.39. The molecule has 0 atom stereocenters. The number of nitrogens with zero attached hydrogens (tertiary/aromatic N) is 1. The third-order valence-corrected chi connectivity index (χ3v) is 7.07. The van der Waals surface area contributed by atoms with Gasteiger partial charge in [0.25, 0.3) is 0 Å². The van der Waals surface area contributed by atoms with Gasteiger partial charge in [-0.2, -0.15) is 0 Å². The van der Waals surface area contributed by atoms with Crippen molar-refractivity contribution < 1.29 is 14.4 Å². The Labute approximate surface area is 155 Å². The number of aromatic hydroxyl groups is 1. The van der Waals surface area contributed by atoms with Crippen LogP contribution in [0.3, 0.4) is 0 Å². The SMILES string of the molecule is Cc1sc(-c2csc3cc(B4OC(C)(C)C(C)(C)O4)ccc23)nc1O. The van der Waals surface area contributed by atoms with E-state index in [4.69, 9.17) is 9.31 Å². The minimum absolute atomic E-state index is 0.119. The van der Waals surface area contributed by atoms with Crippen molar-refractivity contribution in [3.63, 3.8) is 0 Å². The summed E-state index contributed by atoms with van der Waals surface area (Å²) in [6.07, 6.45) is 0. The smallest absolute Gasteiger partial charge is 0.492 e. The maximum atomic E-state index is 9.77. The summed E-state index contributed by atoms with van der Waals surface area (Å²) in [7, 11) is -0.355. The monoisotopic (exact) mass is 373 g/mol. The van der Waals surface area contributed by atoms with E-state index in [9.17, 15) is 5.11 Å². The van der Waals surface area contributed by atoms with Gasteiger partial charge in [0, 0.05) is 21.0 Å². The fourth-order valence-electron chi connectivity index (χ4n) is 2.84. The molecule has 1 N–H and O–H groups in total. The molecule has 1 aliphatic rings. The molecule has 0 unspecified atom stereocenters. The first-order valence-electron chi connectivity index (χ1n) is 8.21. The molecule has 0 saturated carbocycles. The predicted molar refractivity (Wildman–Crippen MR) is 105 cm³/mol. The Morgan fingerprint density at radius 2 is 1.80 bits per heavy atom. The number of benzene rings is 1. The molecule has 130 valence electrons. The lowest BCUT2D eigenvalue weighted by Crippen LogP contribution is -2.41. The van der Waals surface area contributed by atoms with Crippen LogP contribution in [0.25, 0.3) is 20.7 Å². The Kier molecular flexibility index (Phi) is 3.78. The van der Waals surface area contributed by atoms with Crippen LogP contribution in [-0.2, 0) is 9.31 Å². The summed E-state index contributed by atoms with van der Waals surface area (Å²) in [4.78, 5) is 5.11. The maximum Gasteiger partial charge on any atom is 0.494 e. The number of thiophene rings is 1. The van der Waals surface area contributed by atoms with Crippen molar-refractivity contribution in [2.75, 3.05) is 0 Å². The maximum absolute atomic E-state index is 9.77. The van der Waals surface area contributed by atoms with Crippen molar-refractivity contribution in [2.24, 2.45) is 0 Å². The molecular weight excluding hydrogens is 353 g/mol. The van der Waals surface area contributed by atoms with Crippen LogP contribution in [0.2, 0.25) is 0 Å². The van der Waals surface area contributed by atoms with Gasteiger partial charge < -0.3 is 14.4 Å². The molecule has 2 aromatic heterocycles. The fraction of sp³-hybridized carbons (Fsp3) is 0.389. The minimum atomic E-state index is -0.355. The topological polar surface area (TPSA) is 51.6 Å². The lowest BCUT2D eigenvalue weighted by atomic mass is 9.79. The van der Waals surface area contributed by atoms with Crippen molar-refractivity contribution >= 4 is 45.3 Å². The van der Waals surface area contributed by atoms with Crippen LogP contribution in [0.5, 0.6) is 5.88 Å². The predicted octanol–water partition coefficient (Wildman–Crippen LogP) is 4.34. The highest BCUT2D eigenvalue weighted by atomic mass is 32.1. The van der Waals surface area contributed by atoms with Crippen molar-refractivity contribution in [3.8, 4) is 16.5 Å². The third kappa shape index (κ3) is 2.70. The zero-order valence-electron chi connectivity index (χ0n) is 14.9. The number of rotatable bonds is 2. The number of fused-ring (bicyclic) bond motifs is 1.